The van der Waals surface area contributed by atoms with Gasteiger partial charge < -0.3 is 5.32 Å². The molecule has 0 atom stereocenters. The summed E-state index contributed by atoms with van der Waals surface area (Å²) in [5.74, 6) is -0.112. The van der Waals surface area contributed by atoms with Gasteiger partial charge in [0.2, 0.25) is 0 Å². The summed E-state index contributed by atoms with van der Waals surface area (Å²) in [6, 6.07) is 16.8. The van der Waals surface area contributed by atoms with Crippen LogP contribution in [-0.4, -0.2) is 30.8 Å². The molecule has 1 heterocycles. The second-order valence-electron chi connectivity index (χ2n) is 6.23. The molecule has 0 spiro atoms. The third-order valence-electron chi connectivity index (χ3n) is 4.18. The minimum atomic E-state index is -3.39. The fraction of sp³-hybridized carbons (Fsp3) is 0.143. The standard InChI is InChI=1S/C21H18Cl2N2O3S2/c22-18-10-4-6-15(19(18)23)14-25-20(26)17-9-5-11-24-21(17)29-12-13-30(27,28)16-7-2-1-3-8-16/h1-11H,12-14H2,(H,25,26). The lowest BCUT2D eigenvalue weighted by molar-refractivity contribution is 0.0947. The van der Waals surface area contributed by atoms with Gasteiger partial charge in [-0.1, -0.05) is 53.5 Å². The Bertz CT molecular complexity index is 1140. The van der Waals surface area contributed by atoms with E-state index < -0.39 is 9.84 Å². The van der Waals surface area contributed by atoms with Gasteiger partial charge in [0.15, 0.2) is 9.84 Å². The van der Waals surface area contributed by atoms with Crippen molar-refractivity contribution < 1.29 is 13.2 Å². The van der Waals surface area contributed by atoms with Crippen LogP contribution < -0.4 is 5.32 Å². The fourth-order valence-corrected chi connectivity index (χ4v) is 5.68. The molecular weight excluding hydrogens is 463 g/mol. The van der Waals surface area contributed by atoms with E-state index in [1.165, 1.54) is 11.8 Å². The van der Waals surface area contributed by atoms with Crippen LogP contribution in [0, 0.1) is 0 Å². The van der Waals surface area contributed by atoms with Crippen LogP contribution in [0.2, 0.25) is 10.0 Å². The van der Waals surface area contributed by atoms with Crippen LogP contribution in [0.5, 0.6) is 0 Å². The third-order valence-corrected chi connectivity index (χ3v) is 8.04. The second kappa shape index (κ2) is 10.3. The third kappa shape index (κ3) is 5.76. The molecule has 0 aliphatic heterocycles. The Morgan fingerprint density at radius 2 is 1.77 bits per heavy atom. The fourth-order valence-electron chi connectivity index (χ4n) is 2.63. The minimum Gasteiger partial charge on any atom is -0.348 e. The quantitative estimate of drug-likeness (QED) is 0.464. The summed E-state index contributed by atoms with van der Waals surface area (Å²) < 4.78 is 24.8. The van der Waals surface area contributed by atoms with Crippen molar-refractivity contribution in [2.24, 2.45) is 0 Å². The highest BCUT2D eigenvalue weighted by Crippen LogP contribution is 2.26. The number of benzene rings is 2. The van der Waals surface area contributed by atoms with Crippen LogP contribution in [0.1, 0.15) is 15.9 Å². The molecule has 0 fully saturated rings. The molecule has 1 N–H and O–H groups in total. The van der Waals surface area contributed by atoms with Crippen LogP contribution in [0.15, 0.2) is 76.8 Å². The number of carbonyl (C=O) groups excluding carboxylic acids is 1. The Morgan fingerprint density at radius 1 is 1.00 bits per heavy atom. The number of carbonyl (C=O) groups is 1. The highest BCUT2D eigenvalue weighted by Gasteiger charge is 2.17. The van der Waals surface area contributed by atoms with E-state index in [0.717, 1.165) is 0 Å². The average molecular weight is 481 g/mol. The summed E-state index contributed by atoms with van der Waals surface area (Å²) in [7, 11) is -3.39. The molecule has 2 aromatic carbocycles. The number of hydrogen-bond donors (Lipinski definition) is 1. The van der Waals surface area contributed by atoms with E-state index >= 15 is 0 Å². The number of thioether (sulfide) groups is 1. The molecule has 0 saturated carbocycles. The van der Waals surface area contributed by atoms with Gasteiger partial charge in [0.25, 0.3) is 5.91 Å². The number of pyridine rings is 1. The maximum absolute atomic E-state index is 12.7. The van der Waals surface area contributed by atoms with Crippen molar-refractivity contribution in [1.82, 2.24) is 10.3 Å². The first-order valence-electron chi connectivity index (χ1n) is 8.95. The number of halogens is 2. The summed E-state index contributed by atoms with van der Waals surface area (Å²) in [6.45, 7) is 0.208. The molecule has 0 aliphatic rings. The van der Waals surface area contributed by atoms with Gasteiger partial charge in [0.05, 0.1) is 26.3 Å². The van der Waals surface area contributed by atoms with Gasteiger partial charge in [-0.25, -0.2) is 13.4 Å². The van der Waals surface area contributed by atoms with Crippen LogP contribution in [0.25, 0.3) is 0 Å². The van der Waals surface area contributed by atoms with Crippen LogP contribution in [-0.2, 0) is 16.4 Å². The number of nitrogens with one attached hydrogen (secondary N) is 1. The van der Waals surface area contributed by atoms with E-state index in [1.54, 1.807) is 66.9 Å². The normalized spacial score (nSPS) is 11.3. The first kappa shape index (κ1) is 22.6. The molecule has 156 valence electrons. The van der Waals surface area contributed by atoms with Crippen molar-refractivity contribution in [3.63, 3.8) is 0 Å². The van der Waals surface area contributed by atoms with Crippen molar-refractivity contribution in [2.75, 3.05) is 11.5 Å². The molecule has 0 bridgehead atoms. The first-order valence-corrected chi connectivity index (χ1v) is 12.3. The first-order chi connectivity index (χ1) is 14.4. The largest absolute Gasteiger partial charge is 0.348 e. The number of rotatable bonds is 8. The summed E-state index contributed by atoms with van der Waals surface area (Å²) in [5.41, 5.74) is 1.07. The van der Waals surface area contributed by atoms with Crippen LogP contribution >= 0.6 is 35.0 Å². The number of hydrogen-bond acceptors (Lipinski definition) is 5. The van der Waals surface area contributed by atoms with E-state index in [0.29, 0.717) is 26.2 Å². The molecule has 3 aromatic rings. The molecule has 0 radical (unpaired) electrons. The van der Waals surface area contributed by atoms with Crippen LogP contribution in [0.4, 0.5) is 0 Å². The van der Waals surface area contributed by atoms with Gasteiger partial charge in [0, 0.05) is 18.5 Å². The molecule has 5 nitrogen and oxygen atoms in total. The number of sulfone groups is 1. The van der Waals surface area contributed by atoms with E-state index in [-0.39, 0.29) is 28.9 Å². The summed E-state index contributed by atoms with van der Waals surface area (Å²) >= 11 is 13.4. The molecule has 30 heavy (non-hydrogen) atoms. The predicted molar refractivity (Wildman–Crippen MR) is 121 cm³/mol. The predicted octanol–water partition coefficient (Wildman–Crippen LogP) is 4.88. The summed E-state index contributed by atoms with van der Waals surface area (Å²) in [5, 5.41) is 4.08. The number of aromatic nitrogens is 1. The smallest absolute Gasteiger partial charge is 0.254 e. The maximum atomic E-state index is 12.7. The molecular formula is C21H18Cl2N2O3S2. The van der Waals surface area contributed by atoms with Crippen molar-refractivity contribution in [3.05, 3.63) is 88.0 Å². The van der Waals surface area contributed by atoms with E-state index in [9.17, 15) is 13.2 Å². The van der Waals surface area contributed by atoms with Gasteiger partial charge in [-0.15, -0.1) is 11.8 Å². The Morgan fingerprint density at radius 3 is 2.53 bits per heavy atom. The lowest BCUT2D eigenvalue weighted by Gasteiger charge is -2.10. The Hall–Kier alpha value is -2.06. The van der Waals surface area contributed by atoms with E-state index in [2.05, 4.69) is 10.3 Å². The highest BCUT2D eigenvalue weighted by atomic mass is 35.5. The SMILES string of the molecule is O=C(NCc1cccc(Cl)c1Cl)c1cccnc1SCCS(=O)(=O)c1ccccc1. The monoisotopic (exact) mass is 480 g/mol. The van der Waals surface area contributed by atoms with Gasteiger partial charge in [0.1, 0.15) is 5.03 Å². The second-order valence-corrected chi connectivity index (χ2v) is 10.2. The number of amides is 1. The summed E-state index contributed by atoms with van der Waals surface area (Å²) in [4.78, 5) is 17.2. The zero-order valence-corrected chi connectivity index (χ0v) is 18.9. The number of nitrogens with zero attached hydrogens (tertiary/aromatic N) is 1. The molecule has 1 amide bonds. The van der Waals surface area contributed by atoms with Crippen molar-refractivity contribution in [3.8, 4) is 0 Å². The average Bonchev–Trinajstić information content (AvgIpc) is 2.75. The van der Waals surface area contributed by atoms with Gasteiger partial charge in [-0.05, 0) is 35.9 Å². The zero-order valence-electron chi connectivity index (χ0n) is 15.7. The Kier molecular flexibility index (Phi) is 7.77. The van der Waals surface area contributed by atoms with E-state index in [1.807, 2.05) is 0 Å². The van der Waals surface area contributed by atoms with Crippen LogP contribution in [0.3, 0.4) is 0 Å². The van der Waals surface area contributed by atoms with Gasteiger partial charge >= 0.3 is 0 Å². The lowest BCUT2D eigenvalue weighted by atomic mass is 10.2. The molecule has 1 aromatic heterocycles. The molecule has 9 heteroatoms. The minimum absolute atomic E-state index is 0.0581. The van der Waals surface area contributed by atoms with Gasteiger partial charge in [-0.3, -0.25) is 4.79 Å². The van der Waals surface area contributed by atoms with Crippen molar-refractivity contribution in [2.45, 2.75) is 16.5 Å². The molecule has 0 unspecified atom stereocenters. The lowest BCUT2D eigenvalue weighted by Crippen LogP contribution is -2.24. The topological polar surface area (TPSA) is 76.1 Å². The van der Waals surface area contributed by atoms with E-state index in [4.69, 9.17) is 23.2 Å². The molecule has 0 aliphatic carbocycles. The summed E-state index contributed by atoms with van der Waals surface area (Å²) in [6.07, 6.45) is 1.57. The molecule has 3 rings (SSSR count). The van der Waals surface area contributed by atoms with Gasteiger partial charge in [-0.2, -0.15) is 0 Å². The maximum Gasteiger partial charge on any atom is 0.254 e. The zero-order chi connectivity index (χ0) is 21.6. The molecule has 0 saturated heterocycles. The van der Waals surface area contributed by atoms with Crippen molar-refractivity contribution >= 4 is 50.7 Å². The highest BCUT2D eigenvalue weighted by molar-refractivity contribution is 8.00. The Balaban J connectivity index is 1.64. The van der Waals surface area contributed by atoms with Crippen molar-refractivity contribution in [1.29, 1.82) is 0 Å². The Labute approximate surface area is 189 Å².